The van der Waals surface area contributed by atoms with E-state index in [4.69, 9.17) is 0 Å². The lowest BCUT2D eigenvalue weighted by Gasteiger charge is -2.12. The molecular weight excluding hydrogens is 182 g/mol. The molecule has 1 N–H and O–H groups in total. The van der Waals surface area contributed by atoms with Gasteiger partial charge in [-0.05, 0) is 60.8 Å². The van der Waals surface area contributed by atoms with Crippen LogP contribution in [0.5, 0.6) is 0 Å². The lowest BCUT2D eigenvalue weighted by molar-refractivity contribution is 0.611. The quantitative estimate of drug-likeness (QED) is 0.790. The summed E-state index contributed by atoms with van der Waals surface area (Å²) >= 11 is 0. The van der Waals surface area contributed by atoms with Crippen LogP contribution in [-0.4, -0.2) is 6.54 Å². The van der Waals surface area contributed by atoms with Crippen LogP contribution in [0, 0.1) is 5.41 Å². The van der Waals surface area contributed by atoms with E-state index in [0.29, 0.717) is 5.41 Å². The van der Waals surface area contributed by atoms with E-state index in [1.54, 1.807) is 11.1 Å². The Bertz CT molecular complexity index is 377. The van der Waals surface area contributed by atoms with E-state index in [9.17, 15) is 0 Å². The molecule has 1 aromatic rings. The molecule has 0 heterocycles. The molecule has 2 aliphatic carbocycles. The number of nitrogens with one attached hydrogen (secondary N) is 1. The summed E-state index contributed by atoms with van der Waals surface area (Å²) in [6.07, 6.45) is 6.70. The van der Waals surface area contributed by atoms with E-state index in [-0.39, 0.29) is 0 Å². The Kier molecular flexibility index (Phi) is 2.01. The summed E-state index contributed by atoms with van der Waals surface area (Å²) in [5.41, 5.74) is 5.06. The lowest BCUT2D eigenvalue weighted by atomic mass is 10.1. The molecule has 1 aromatic carbocycles. The van der Waals surface area contributed by atoms with Crippen molar-refractivity contribution < 1.29 is 0 Å². The molecule has 15 heavy (non-hydrogen) atoms. The van der Waals surface area contributed by atoms with Crippen molar-refractivity contribution >= 4 is 5.69 Å². The first-order valence-electron chi connectivity index (χ1n) is 6.11. The average Bonchev–Trinajstić information content (AvgIpc) is 2.80. The van der Waals surface area contributed by atoms with E-state index >= 15 is 0 Å². The number of rotatable bonds is 3. The number of hydrogen-bond acceptors (Lipinski definition) is 1. The molecule has 0 bridgehead atoms. The Labute approximate surface area is 91.9 Å². The van der Waals surface area contributed by atoms with Gasteiger partial charge < -0.3 is 5.32 Å². The van der Waals surface area contributed by atoms with Gasteiger partial charge in [0.2, 0.25) is 0 Å². The van der Waals surface area contributed by atoms with E-state index in [1.165, 1.54) is 37.8 Å². The molecule has 0 atom stereocenters. The first-order chi connectivity index (χ1) is 7.25. The zero-order chi connectivity index (χ0) is 10.3. The minimum Gasteiger partial charge on any atom is -0.384 e. The van der Waals surface area contributed by atoms with Crippen LogP contribution in [0.3, 0.4) is 0 Å². The van der Waals surface area contributed by atoms with Crippen molar-refractivity contribution in [2.75, 3.05) is 11.9 Å². The number of fused-ring (bicyclic) bond motifs is 1. The predicted molar refractivity (Wildman–Crippen MR) is 64.3 cm³/mol. The fourth-order valence-electron chi connectivity index (χ4n) is 2.39. The fourth-order valence-corrected chi connectivity index (χ4v) is 2.39. The molecule has 0 aromatic heterocycles. The van der Waals surface area contributed by atoms with Gasteiger partial charge in [0.1, 0.15) is 0 Å². The Hall–Kier alpha value is -0.980. The van der Waals surface area contributed by atoms with Crippen molar-refractivity contribution in [3.63, 3.8) is 0 Å². The van der Waals surface area contributed by atoms with Crippen LogP contribution in [0.25, 0.3) is 0 Å². The van der Waals surface area contributed by atoms with Crippen molar-refractivity contribution in [1.29, 1.82) is 0 Å². The van der Waals surface area contributed by atoms with Gasteiger partial charge in [-0.1, -0.05) is 13.0 Å². The van der Waals surface area contributed by atoms with Crippen LogP contribution in [0.4, 0.5) is 5.69 Å². The molecule has 1 heteroatoms. The standard InChI is InChI=1S/C14H19N/c1-14(7-8-14)10-15-13-6-5-11-3-2-4-12(11)9-13/h5-6,9,15H,2-4,7-8,10H2,1H3. The maximum Gasteiger partial charge on any atom is 0.0343 e. The summed E-state index contributed by atoms with van der Waals surface area (Å²) in [7, 11) is 0. The van der Waals surface area contributed by atoms with E-state index in [2.05, 4.69) is 30.4 Å². The van der Waals surface area contributed by atoms with Crippen molar-refractivity contribution in [3.8, 4) is 0 Å². The normalized spacial score (nSPS) is 21.1. The molecule has 0 unspecified atom stereocenters. The van der Waals surface area contributed by atoms with Gasteiger partial charge in [0.25, 0.3) is 0 Å². The molecule has 1 saturated carbocycles. The second-order valence-electron chi connectivity index (χ2n) is 5.50. The SMILES string of the molecule is CC1(CNc2ccc3c(c2)CCC3)CC1. The maximum atomic E-state index is 3.58. The summed E-state index contributed by atoms with van der Waals surface area (Å²) in [5, 5.41) is 3.58. The van der Waals surface area contributed by atoms with Crippen LogP contribution < -0.4 is 5.32 Å². The molecule has 0 saturated heterocycles. The second kappa shape index (κ2) is 3.26. The summed E-state index contributed by atoms with van der Waals surface area (Å²) in [5.74, 6) is 0. The van der Waals surface area contributed by atoms with Gasteiger partial charge in [-0.25, -0.2) is 0 Å². The molecular formula is C14H19N. The molecule has 0 aliphatic heterocycles. The van der Waals surface area contributed by atoms with Gasteiger partial charge in [0.05, 0.1) is 0 Å². The zero-order valence-electron chi connectivity index (χ0n) is 9.47. The summed E-state index contributed by atoms with van der Waals surface area (Å²) < 4.78 is 0. The monoisotopic (exact) mass is 201 g/mol. The third-order valence-corrected chi connectivity index (χ3v) is 3.92. The molecule has 0 radical (unpaired) electrons. The number of benzene rings is 1. The molecule has 2 aliphatic rings. The van der Waals surface area contributed by atoms with Crippen molar-refractivity contribution in [1.82, 2.24) is 0 Å². The van der Waals surface area contributed by atoms with Crippen LogP contribution in [0.15, 0.2) is 18.2 Å². The number of aryl methyl sites for hydroxylation is 2. The minimum absolute atomic E-state index is 0.596. The number of hydrogen-bond donors (Lipinski definition) is 1. The molecule has 0 amide bonds. The van der Waals surface area contributed by atoms with Crippen molar-refractivity contribution in [2.24, 2.45) is 5.41 Å². The second-order valence-corrected chi connectivity index (χ2v) is 5.50. The molecule has 3 rings (SSSR count). The van der Waals surface area contributed by atoms with Crippen LogP contribution in [-0.2, 0) is 12.8 Å². The Morgan fingerprint density at radius 2 is 2.00 bits per heavy atom. The van der Waals surface area contributed by atoms with E-state index in [1.807, 2.05) is 0 Å². The third kappa shape index (κ3) is 1.88. The van der Waals surface area contributed by atoms with Gasteiger partial charge in [-0.15, -0.1) is 0 Å². The topological polar surface area (TPSA) is 12.0 Å². The summed E-state index contributed by atoms with van der Waals surface area (Å²) in [6.45, 7) is 3.51. The van der Waals surface area contributed by atoms with Crippen molar-refractivity contribution in [2.45, 2.75) is 39.0 Å². The number of anilines is 1. The summed E-state index contributed by atoms with van der Waals surface area (Å²) in [4.78, 5) is 0. The largest absolute Gasteiger partial charge is 0.384 e. The highest BCUT2D eigenvalue weighted by Crippen LogP contribution is 2.44. The zero-order valence-corrected chi connectivity index (χ0v) is 9.47. The molecule has 80 valence electrons. The first-order valence-corrected chi connectivity index (χ1v) is 6.11. The minimum atomic E-state index is 0.596. The highest BCUT2D eigenvalue weighted by Gasteiger charge is 2.36. The molecule has 1 fully saturated rings. The average molecular weight is 201 g/mol. The van der Waals surface area contributed by atoms with Gasteiger partial charge in [0.15, 0.2) is 0 Å². The lowest BCUT2D eigenvalue weighted by Crippen LogP contribution is -2.11. The van der Waals surface area contributed by atoms with E-state index < -0.39 is 0 Å². The highest BCUT2D eigenvalue weighted by atomic mass is 14.9. The van der Waals surface area contributed by atoms with Crippen LogP contribution in [0.1, 0.15) is 37.3 Å². The Morgan fingerprint density at radius 3 is 2.80 bits per heavy atom. The Balaban J connectivity index is 1.70. The van der Waals surface area contributed by atoms with Gasteiger partial charge in [-0.3, -0.25) is 0 Å². The predicted octanol–water partition coefficient (Wildman–Crippen LogP) is 3.39. The van der Waals surface area contributed by atoms with Gasteiger partial charge in [0, 0.05) is 12.2 Å². The smallest absolute Gasteiger partial charge is 0.0343 e. The molecule has 0 spiro atoms. The third-order valence-electron chi connectivity index (χ3n) is 3.92. The van der Waals surface area contributed by atoms with Crippen molar-refractivity contribution in [3.05, 3.63) is 29.3 Å². The fraction of sp³-hybridized carbons (Fsp3) is 0.571. The van der Waals surface area contributed by atoms with E-state index in [0.717, 1.165) is 6.54 Å². The summed E-state index contributed by atoms with van der Waals surface area (Å²) in [6, 6.07) is 6.91. The molecule has 1 nitrogen and oxygen atoms in total. The van der Waals surface area contributed by atoms with Gasteiger partial charge in [-0.2, -0.15) is 0 Å². The Morgan fingerprint density at radius 1 is 1.20 bits per heavy atom. The maximum absolute atomic E-state index is 3.58. The van der Waals surface area contributed by atoms with Gasteiger partial charge >= 0.3 is 0 Å². The highest BCUT2D eigenvalue weighted by molar-refractivity contribution is 5.50. The first kappa shape index (κ1) is 9.26. The van der Waals surface area contributed by atoms with Crippen LogP contribution >= 0.6 is 0 Å². The van der Waals surface area contributed by atoms with Crippen LogP contribution in [0.2, 0.25) is 0 Å².